The van der Waals surface area contributed by atoms with Gasteiger partial charge in [0.15, 0.2) is 11.2 Å². The summed E-state index contributed by atoms with van der Waals surface area (Å²) in [6.07, 6.45) is 0.840. The fourth-order valence-corrected chi connectivity index (χ4v) is 2.75. The lowest BCUT2D eigenvalue weighted by Gasteiger charge is -2.14. The number of aliphatic carboxylic acids is 2. The van der Waals surface area contributed by atoms with Crippen molar-refractivity contribution in [3.8, 4) is 0 Å². The second-order valence-electron chi connectivity index (χ2n) is 6.71. The van der Waals surface area contributed by atoms with E-state index < -0.39 is 29.4 Å². The van der Waals surface area contributed by atoms with E-state index in [1.54, 1.807) is 12.1 Å². The highest BCUT2D eigenvalue weighted by Gasteiger charge is 2.21. The van der Waals surface area contributed by atoms with Crippen LogP contribution in [0.5, 0.6) is 0 Å². The average molecular weight is 486 g/mol. The molecule has 3 rings (SSSR count). The summed E-state index contributed by atoms with van der Waals surface area (Å²) >= 11 is 0. The number of carbonyl (C=O) groups excluding carboxylic acids is 1. The van der Waals surface area contributed by atoms with Crippen LogP contribution in [0.3, 0.4) is 0 Å². The minimum absolute atomic E-state index is 0.0524. The Morgan fingerprint density at radius 2 is 1.79 bits per heavy atom. The molecule has 177 valence electrons. The molecule has 0 saturated carbocycles. The summed E-state index contributed by atoms with van der Waals surface area (Å²) in [7, 11) is 1.97. The number of fused-ring (bicyclic) bond motifs is 1. The van der Waals surface area contributed by atoms with Crippen molar-refractivity contribution in [3.63, 3.8) is 0 Å². The van der Waals surface area contributed by atoms with Crippen molar-refractivity contribution in [1.82, 2.24) is 25.3 Å². The summed E-state index contributed by atoms with van der Waals surface area (Å²) in [4.78, 5) is 67.4. The van der Waals surface area contributed by atoms with E-state index in [-0.39, 0.29) is 42.1 Å². The zero-order valence-electron chi connectivity index (χ0n) is 17.5. The Kier molecular flexibility index (Phi) is 9.15. The van der Waals surface area contributed by atoms with Gasteiger partial charge in [0, 0.05) is 17.7 Å². The van der Waals surface area contributed by atoms with Crippen molar-refractivity contribution in [2.45, 2.75) is 25.4 Å². The van der Waals surface area contributed by atoms with Crippen LogP contribution in [0.4, 0.5) is 11.6 Å². The van der Waals surface area contributed by atoms with E-state index in [0.29, 0.717) is 11.4 Å². The lowest BCUT2D eigenvalue weighted by Crippen LogP contribution is -2.41. The quantitative estimate of drug-likeness (QED) is 0.181. The number of anilines is 2. The molecule has 1 amide bonds. The van der Waals surface area contributed by atoms with Gasteiger partial charge in [0.1, 0.15) is 6.04 Å². The van der Waals surface area contributed by atoms with Gasteiger partial charge in [-0.2, -0.15) is 4.98 Å². The maximum atomic E-state index is 12.3. The van der Waals surface area contributed by atoms with Gasteiger partial charge in [-0.25, -0.2) is 14.8 Å². The number of hydrogen-bond acceptors (Lipinski definition) is 10. The second kappa shape index (κ2) is 12.0. The van der Waals surface area contributed by atoms with Crippen LogP contribution in [-0.4, -0.2) is 69.3 Å². The number of nitrogens with two attached hydrogens (primary N) is 1. The molecule has 1 aromatic carbocycles. The molecule has 0 spiro atoms. The Labute approximate surface area is 194 Å². The first-order chi connectivity index (χ1) is 16.2. The molecule has 2 aromatic heterocycles. The topological polar surface area (TPSA) is 234 Å². The van der Waals surface area contributed by atoms with Gasteiger partial charge in [0.25, 0.3) is 11.5 Å². The van der Waals surface area contributed by atoms with E-state index in [1.807, 2.05) is 10.5 Å². The zero-order chi connectivity index (χ0) is 25.3. The molecule has 1 unspecified atom stereocenters. The largest absolute Gasteiger partial charge is 0.481 e. The summed E-state index contributed by atoms with van der Waals surface area (Å²) < 4.78 is 0. The zero-order valence-corrected chi connectivity index (χ0v) is 18.5. The van der Waals surface area contributed by atoms with Gasteiger partial charge < -0.3 is 31.4 Å². The fourth-order valence-electron chi connectivity index (χ4n) is 2.75. The Morgan fingerprint density at radius 3 is 2.41 bits per heavy atom. The molecule has 14 nitrogen and oxygen atoms in total. The van der Waals surface area contributed by atoms with Gasteiger partial charge in [0.2, 0.25) is 16.4 Å². The monoisotopic (exact) mass is 486 g/mol. The molecule has 8 N–H and O–H groups in total. The number of H-pyrrole nitrogens is 1. The fraction of sp³-hybridized carbons (Fsp3) is 0.211. The third kappa shape index (κ3) is 7.07. The molecule has 0 aliphatic rings. The number of carbonyl (C=O) groups is 3. The highest BCUT2D eigenvalue weighted by Crippen LogP contribution is 2.12. The van der Waals surface area contributed by atoms with Gasteiger partial charge in [-0.1, -0.05) is 0 Å². The van der Waals surface area contributed by atoms with Crippen molar-refractivity contribution >= 4 is 51.1 Å². The number of nitrogens with one attached hydrogen (secondary N) is 3. The van der Waals surface area contributed by atoms with E-state index in [2.05, 4.69) is 30.6 Å². The van der Waals surface area contributed by atoms with E-state index >= 15 is 0 Å². The highest BCUT2D eigenvalue weighted by atomic mass is 28.2. The first-order valence-corrected chi connectivity index (χ1v) is 10.0. The molecule has 1 atom stereocenters. The first kappa shape index (κ1) is 25.9. The summed E-state index contributed by atoms with van der Waals surface area (Å²) in [5, 5.41) is 23.2. The maximum absolute atomic E-state index is 12.3. The molecule has 0 aliphatic heterocycles. The maximum Gasteiger partial charge on any atom is 0.326 e. The minimum Gasteiger partial charge on any atom is -0.481 e. The first-order valence-electron chi connectivity index (χ1n) is 9.56. The molecule has 3 radical (unpaired) electrons. The van der Waals surface area contributed by atoms with Gasteiger partial charge in [-0.15, -0.1) is 0 Å². The van der Waals surface area contributed by atoms with E-state index in [4.69, 9.17) is 20.7 Å². The van der Waals surface area contributed by atoms with Crippen LogP contribution < -0.4 is 21.9 Å². The molecule has 15 heteroatoms. The minimum atomic E-state index is -1.31. The summed E-state index contributed by atoms with van der Waals surface area (Å²) in [5.41, 5.74) is 6.47. The molecule has 0 aliphatic carbocycles. The van der Waals surface area contributed by atoms with Crippen LogP contribution in [0, 0.1) is 0 Å². The van der Waals surface area contributed by atoms with Crippen molar-refractivity contribution in [3.05, 3.63) is 52.1 Å². The Balaban J connectivity index is 0.00000199. The van der Waals surface area contributed by atoms with E-state index in [0.717, 1.165) is 0 Å². The molecule has 34 heavy (non-hydrogen) atoms. The smallest absolute Gasteiger partial charge is 0.326 e. The van der Waals surface area contributed by atoms with Crippen LogP contribution in [0.25, 0.3) is 11.2 Å². The summed E-state index contributed by atoms with van der Waals surface area (Å²) in [6.45, 7) is 0.231. The number of aromatic nitrogens is 4. The Morgan fingerprint density at radius 1 is 1.12 bits per heavy atom. The van der Waals surface area contributed by atoms with Gasteiger partial charge >= 0.3 is 11.9 Å². The molecular weight excluding hydrogens is 466 g/mol. The van der Waals surface area contributed by atoms with Crippen molar-refractivity contribution in [2.24, 2.45) is 0 Å². The highest BCUT2D eigenvalue weighted by molar-refractivity contribution is 5.97. The predicted octanol–water partition coefficient (Wildman–Crippen LogP) is -0.983. The number of hydrogen-bond donors (Lipinski definition) is 7. The molecule has 0 bridgehead atoms. The SMILES string of the molecule is Nc1nc2ncc(CNc3ccc(C(=O)NC(CCC(=O)O)C(=O)O)cc3)nc2c(=O)[nH]1.O[Si]. The van der Waals surface area contributed by atoms with Crippen LogP contribution in [-0.2, 0) is 16.1 Å². The number of benzene rings is 1. The summed E-state index contributed by atoms with van der Waals surface area (Å²) in [5.74, 6) is -3.16. The van der Waals surface area contributed by atoms with Crippen LogP contribution in [0.1, 0.15) is 28.9 Å². The molecule has 2 heterocycles. The third-order valence-corrected chi connectivity index (χ3v) is 4.36. The van der Waals surface area contributed by atoms with E-state index in [9.17, 15) is 19.2 Å². The number of nitrogen functional groups attached to an aromatic ring is 1. The van der Waals surface area contributed by atoms with Gasteiger partial charge in [-0.05, 0) is 30.7 Å². The Hall–Kier alpha value is -4.37. The van der Waals surface area contributed by atoms with Crippen LogP contribution in [0.2, 0.25) is 0 Å². The lowest BCUT2D eigenvalue weighted by molar-refractivity contribution is -0.140. The van der Waals surface area contributed by atoms with E-state index in [1.165, 1.54) is 18.3 Å². The number of rotatable bonds is 9. The average Bonchev–Trinajstić information content (AvgIpc) is 2.81. The lowest BCUT2D eigenvalue weighted by atomic mass is 10.1. The van der Waals surface area contributed by atoms with Crippen molar-refractivity contribution < 1.29 is 29.4 Å². The molecule has 0 saturated heterocycles. The number of amides is 1. The second-order valence-corrected chi connectivity index (χ2v) is 6.71. The number of aromatic amines is 1. The summed E-state index contributed by atoms with van der Waals surface area (Å²) in [6, 6.07) is 4.86. The van der Waals surface area contributed by atoms with Crippen molar-refractivity contribution in [1.29, 1.82) is 0 Å². The predicted molar refractivity (Wildman–Crippen MR) is 120 cm³/mol. The van der Waals surface area contributed by atoms with Crippen molar-refractivity contribution in [2.75, 3.05) is 11.1 Å². The van der Waals surface area contributed by atoms with Crippen LogP contribution in [0.15, 0.2) is 35.3 Å². The standard InChI is InChI=1S/C19H19N7O6.HOSi/c20-19-25-15-14(17(30)26-19)23-11(8-22-15)7-21-10-3-1-9(2-4-10)16(29)24-12(18(31)32)5-6-13(27)28;1-2/h1-4,8,12,21H,5-7H2,(H,24,29)(H,27,28)(H,31,32)(H3,20,22,25,26,30);1H. The molecule has 3 aromatic rings. The third-order valence-electron chi connectivity index (χ3n) is 4.36. The number of carboxylic acids is 2. The number of nitrogens with zero attached hydrogens (tertiary/aromatic N) is 3. The normalized spacial score (nSPS) is 11.1. The van der Waals surface area contributed by atoms with Gasteiger partial charge in [-0.3, -0.25) is 19.4 Å². The number of carboxylic acid groups (broad SMARTS) is 2. The van der Waals surface area contributed by atoms with Gasteiger partial charge in [0.05, 0.1) is 18.4 Å². The van der Waals surface area contributed by atoms with Crippen LogP contribution >= 0.6 is 0 Å². The molecule has 0 fully saturated rings. The molecular formula is C19H20N7O7Si. The Bertz CT molecular complexity index is 1230.